The van der Waals surface area contributed by atoms with Crippen LogP contribution in [0.3, 0.4) is 0 Å². The maximum atomic E-state index is 12.4. The minimum Gasteiger partial charge on any atom is -0.364 e. The molecular weight excluding hydrogens is 428 g/mol. The van der Waals surface area contributed by atoms with Crippen LogP contribution in [0.1, 0.15) is 17.4 Å². The molecule has 1 aromatic carbocycles. The fourth-order valence-electron chi connectivity index (χ4n) is 2.39. The minimum atomic E-state index is -3.84. The molecular formula is C17H18N8O3S2. The fourth-order valence-corrected chi connectivity index (χ4v) is 3.58. The van der Waals surface area contributed by atoms with Gasteiger partial charge in [-0.15, -0.1) is 0 Å². The summed E-state index contributed by atoms with van der Waals surface area (Å²) in [5.74, 6) is -0.708. The number of aromatic nitrogens is 4. The highest BCUT2D eigenvalue weighted by Gasteiger charge is 2.17. The molecule has 3 rings (SSSR count). The van der Waals surface area contributed by atoms with Gasteiger partial charge in [0.15, 0.2) is 10.8 Å². The van der Waals surface area contributed by atoms with Gasteiger partial charge in [-0.2, -0.15) is 5.10 Å². The quantitative estimate of drug-likeness (QED) is 0.394. The van der Waals surface area contributed by atoms with E-state index >= 15 is 0 Å². The molecule has 11 nitrogen and oxygen atoms in total. The van der Waals surface area contributed by atoms with E-state index in [9.17, 15) is 13.2 Å². The number of amides is 1. The molecule has 0 unspecified atom stereocenters. The van der Waals surface area contributed by atoms with Gasteiger partial charge in [-0.05, 0) is 49.5 Å². The lowest BCUT2D eigenvalue weighted by Crippen LogP contribution is -2.22. The second-order valence-electron chi connectivity index (χ2n) is 5.89. The number of thiocarbonyl (C=S) groups is 1. The van der Waals surface area contributed by atoms with Crippen LogP contribution in [0.5, 0.6) is 0 Å². The maximum absolute atomic E-state index is 12.4. The Morgan fingerprint density at radius 1 is 1.17 bits per heavy atom. The molecule has 2 heterocycles. The van der Waals surface area contributed by atoms with E-state index in [2.05, 4.69) is 30.4 Å². The summed E-state index contributed by atoms with van der Waals surface area (Å²) in [4.78, 5) is 19.2. The van der Waals surface area contributed by atoms with Crippen LogP contribution in [0.4, 0.5) is 17.3 Å². The number of hydrogen-bond donors (Lipinski definition) is 4. The Bertz CT molecular complexity index is 1160. The van der Waals surface area contributed by atoms with Crippen LogP contribution in [-0.2, 0) is 16.6 Å². The van der Waals surface area contributed by atoms with E-state index in [1.807, 2.05) is 6.92 Å². The number of nitrogens with one attached hydrogen (secondary N) is 3. The van der Waals surface area contributed by atoms with Crippen LogP contribution in [-0.4, -0.2) is 39.2 Å². The minimum absolute atomic E-state index is 0.0250. The van der Waals surface area contributed by atoms with E-state index in [0.29, 0.717) is 17.9 Å². The standard InChI is InChI=1S/C17H18N8O3S2/c1-2-25-10-13(14(23-25)15(18)26)22-17(29)21-11-4-6-12(7-5-11)30(27,28)24-16-19-8-3-9-20-16/h3-10H,2H2,1H3,(H2,18,26)(H,19,20,24)(H2,21,22,29). The van der Waals surface area contributed by atoms with Crippen LogP contribution in [0, 0.1) is 0 Å². The summed E-state index contributed by atoms with van der Waals surface area (Å²) in [6, 6.07) is 7.47. The summed E-state index contributed by atoms with van der Waals surface area (Å²) in [5.41, 5.74) is 6.30. The Morgan fingerprint density at radius 3 is 2.43 bits per heavy atom. The number of nitrogens with zero attached hydrogens (tertiary/aromatic N) is 4. The van der Waals surface area contributed by atoms with E-state index in [1.165, 1.54) is 24.5 Å². The number of carbonyl (C=O) groups excluding carboxylic acids is 1. The second-order valence-corrected chi connectivity index (χ2v) is 7.98. The molecule has 0 radical (unpaired) electrons. The van der Waals surface area contributed by atoms with Gasteiger partial charge in [0.1, 0.15) is 0 Å². The normalized spacial score (nSPS) is 11.0. The van der Waals surface area contributed by atoms with Crippen molar-refractivity contribution in [2.75, 3.05) is 15.4 Å². The third-order valence-electron chi connectivity index (χ3n) is 3.78. The SMILES string of the molecule is CCn1cc(NC(=S)Nc2ccc(S(=O)(=O)Nc3ncccn3)cc2)c(C(N)=O)n1. The van der Waals surface area contributed by atoms with Crippen molar-refractivity contribution in [2.24, 2.45) is 5.73 Å². The van der Waals surface area contributed by atoms with Gasteiger partial charge in [-0.1, -0.05) is 0 Å². The molecule has 0 aliphatic carbocycles. The van der Waals surface area contributed by atoms with Gasteiger partial charge >= 0.3 is 0 Å². The third-order valence-corrected chi connectivity index (χ3v) is 5.33. The van der Waals surface area contributed by atoms with E-state index in [0.717, 1.165) is 0 Å². The number of hydrogen-bond acceptors (Lipinski definition) is 7. The Labute approximate surface area is 177 Å². The van der Waals surface area contributed by atoms with E-state index < -0.39 is 15.9 Å². The molecule has 2 aromatic heterocycles. The number of aryl methyl sites for hydroxylation is 1. The highest BCUT2D eigenvalue weighted by Crippen LogP contribution is 2.18. The Hall–Kier alpha value is -3.58. The van der Waals surface area contributed by atoms with Crippen LogP contribution in [0.25, 0.3) is 0 Å². The predicted octanol–water partition coefficient (Wildman–Crippen LogP) is 1.40. The van der Waals surface area contributed by atoms with Crippen molar-refractivity contribution in [3.05, 3.63) is 54.6 Å². The van der Waals surface area contributed by atoms with Crippen LogP contribution < -0.4 is 21.1 Å². The molecule has 1 amide bonds. The van der Waals surface area contributed by atoms with Gasteiger partial charge < -0.3 is 16.4 Å². The highest BCUT2D eigenvalue weighted by molar-refractivity contribution is 7.92. The number of carbonyl (C=O) groups is 1. The lowest BCUT2D eigenvalue weighted by Gasteiger charge is -2.11. The van der Waals surface area contributed by atoms with Gasteiger partial charge in [0.05, 0.1) is 10.6 Å². The monoisotopic (exact) mass is 446 g/mol. The summed E-state index contributed by atoms with van der Waals surface area (Å²) in [5, 5.41) is 10.0. The number of primary amides is 1. The highest BCUT2D eigenvalue weighted by atomic mass is 32.2. The maximum Gasteiger partial charge on any atom is 0.271 e. The molecule has 3 aromatic rings. The van der Waals surface area contributed by atoms with E-state index in [-0.39, 0.29) is 21.7 Å². The molecule has 30 heavy (non-hydrogen) atoms. The molecule has 5 N–H and O–H groups in total. The Kier molecular flexibility index (Phi) is 6.23. The summed E-state index contributed by atoms with van der Waals surface area (Å²) >= 11 is 5.24. The topological polar surface area (TPSA) is 157 Å². The van der Waals surface area contributed by atoms with Gasteiger partial charge in [-0.25, -0.2) is 23.1 Å². The van der Waals surface area contributed by atoms with Crippen molar-refractivity contribution < 1.29 is 13.2 Å². The van der Waals surface area contributed by atoms with Crippen LogP contribution in [0.2, 0.25) is 0 Å². The first-order valence-corrected chi connectivity index (χ1v) is 10.5. The number of benzene rings is 1. The Balaban J connectivity index is 1.68. The van der Waals surface area contributed by atoms with Gasteiger partial charge in [0, 0.05) is 30.8 Å². The van der Waals surface area contributed by atoms with Crippen molar-refractivity contribution >= 4 is 50.6 Å². The van der Waals surface area contributed by atoms with Crippen LogP contribution in [0.15, 0.2) is 53.8 Å². The summed E-state index contributed by atoms with van der Waals surface area (Å²) in [7, 11) is -3.84. The Morgan fingerprint density at radius 2 is 1.83 bits per heavy atom. The lowest BCUT2D eigenvalue weighted by molar-refractivity contribution is 0.0995. The van der Waals surface area contributed by atoms with E-state index in [4.69, 9.17) is 18.0 Å². The van der Waals surface area contributed by atoms with Crippen molar-refractivity contribution in [1.29, 1.82) is 0 Å². The molecule has 156 valence electrons. The van der Waals surface area contributed by atoms with Crippen molar-refractivity contribution in [1.82, 2.24) is 19.7 Å². The fraction of sp³-hybridized carbons (Fsp3) is 0.118. The van der Waals surface area contributed by atoms with Gasteiger partial charge in [0.2, 0.25) is 5.95 Å². The van der Waals surface area contributed by atoms with Gasteiger partial charge in [-0.3, -0.25) is 9.48 Å². The van der Waals surface area contributed by atoms with E-state index in [1.54, 1.807) is 29.1 Å². The number of sulfonamides is 1. The average Bonchev–Trinajstić information content (AvgIpc) is 3.12. The number of anilines is 3. The molecule has 13 heteroatoms. The number of rotatable bonds is 7. The summed E-state index contributed by atoms with van der Waals surface area (Å²) in [6.45, 7) is 2.42. The first-order valence-electron chi connectivity index (χ1n) is 8.63. The zero-order valence-electron chi connectivity index (χ0n) is 15.7. The van der Waals surface area contributed by atoms with Crippen LogP contribution >= 0.6 is 12.2 Å². The molecule has 0 spiro atoms. The second kappa shape index (κ2) is 8.84. The third kappa shape index (κ3) is 5.07. The molecule has 0 saturated carbocycles. The van der Waals surface area contributed by atoms with Crippen molar-refractivity contribution in [3.63, 3.8) is 0 Å². The zero-order chi connectivity index (χ0) is 21.7. The van der Waals surface area contributed by atoms with Gasteiger partial charge in [0.25, 0.3) is 15.9 Å². The smallest absolute Gasteiger partial charge is 0.271 e. The van der Waals surface area contributed by atoms with Crippen molar-refractivity contribution in [3.8, 4) is 0 Å². The average molecular weight is 447 g/mol. The molecule has 0 bridgehead atoms. The molecule has 0 fully saturated rings. The summed E-state index contributed by atoms with van der Waals surface area (Å²) < 4.78 is 28.7. The predicted molar refractivity (Wildman–Crippen MR) is 116 cm³/mol. The molecule has 0 aliphatic rings. The summed E-state index contributed by atoms with van der Waals surface area (Å²) in [6.07, 6.45) is 4.47. The number of nitrogens with two attached hydrogens (primary N) is 1. The first-order chi connectivity index (χ1) is 14.3. The zero-order valence-corrected chi connectivity index (χ0v) is 17.4. The lowest BCUT2D eigenvalue weighted by atomic mass is 10.3. The molecule has 0 aliphatic heterocycles. The largest absolute Gasteiger partial charge is 0.364 e. The first kappa shape index (κ1) is 21.1. The van der Waals surface area contributed by atoms with Crippen molar-refractivity contribution in [2.45, 2.75) is 18.4 Å². The molecule has 0 atom stereocenters. The molecule has 0 saturated heterocycles.